The average Bonchev–Trinajstić information content (AvgIpc) is 3.45. The van der Waals surface area contributed by atoms with Crippen LogP contribution in [0.25, 0.3) is 0 Å². The van der Waals surface area contributed by atoms with E-state index in [2.05, 4.69) is 44.8 Å². The molecule has 298 valence electrons. The summed E-state index contributed by atoms with van der Waals surface area (Å²) in [4.78, 5) is 29.8. The maximum atomic E-state index is 13.6. The zero-order valence-electron chi connectivity index (χ0n) is 32.4. The van der Waals surface area contributed by atoms with Crippen molar-refractivity contribution in [2.75, 3.05) is 19.6 Å². The van der Waals surface area contributed by atoms with Crippen molar-refractivity contribution < 1.29 is 37.0 Å². The van der Waals surface area contributed by atoms with Crippen molar-refractivity contribution in [2.24, 2.45) is 62.9 Å². The van der Waals surface area contributed by atoms with E-state index in [1.807, 2.05) is 0 Å². The Hall–Kier alpha value is -2.61. The molecule has 4 heterocycles. The summed E-state index contributed by atoms with van der Waals surface area (Å²) in [5.74, 6) is 1.30. The molecule has 0 aromatic carbocycles. The molecule has 0 radical (unpaired) electrons. The first-order valence-corrected chi connectivity index (χ1v) is 20.8. The van der Waals surface area contributed by atoms with Gasteiger partial charge in [0.15, 0.2) is 5.82 Å². The van der Waals surface area contributed by atoms with E-state index >= 15 is 0 Å². The normalized spacial score (nSPS) is 45.7. The second-order valence-electron chi connectivity index (χ2n) is 20.1. The van der Waals surface area contributed by atoms with Crippen LogP contribution < -0.4 is 5.73 Å². The Morgan fingerprint density at radius 3 is 2.37 bits per heavy atom. The molecule has 13 unspecified atom stereocenters. The van der Waals surface area contributed by atoms with Gasteiger partial charge in [0, 0.05) is 43.1 Å². The number of nitrogens with two attached hydrogens (primary N) is 1. The van der Waals surface area contributed by atoms with Gasteiger partial charge >= 0.3 is 18.4 Å². The largest absolute Gasteiger partial charge is 0.451 e. The molecule has 0 bridgehead atoms. The van der Waals surface area contributed by atoms with Gasteiger partial charge in [-0.05, 0) is 110 Å². The highest BCUT2D eigenvalue weighted by Crippen LogP contribution is 2.89. The summed E-state index contributed by atoms with van der Waals surface area (Å²) in [6.07, 6.45) is 4.69. The number of halogens is 3. The van der Waals surface area contributed by atoms with Crippen LogP contribution in [0.3, 0.4) is 0 Å². The molecule has 3 spiro atoms. The number of alkyl halides is 3. The van der Waals surface area contributed by atoms with Crippen LogP contribution >= 0.6 is 0 Å². The Morgan fingerprint density at radius 2 is 1.67 bits per heavy atom. The number of carbonyl (C=O) groups excluding carboxylic acids is 2. The minimum absolute atomic E-state index is 0.0185. The zero-order valence-corrected chi connectivity index (χ0v) is 32.4. The number of nitrogens with zero attached hydrogens (tertiary/aromatic N) is 5. The number of amides is 2. The Kier molecular flexibility index (Phi) is 7.47. The molecule has 1 aromatic heterocycles. The summed E-state index contributed by atoms with van der Waals surface area (Å²) in [6, 6.07) is 0. The standard InChI is InChI=1S/C40H57F3N6O5/c1-21(2)30(54-33(50)47-13-6-14-47)24-17-23-18-36-11-12-38-20-37(38)10-9-27(53-34(51)48-15-16-49-28(19-48)45-46-32(49)40(41,42)43)35(4,5)25(37)7-8-26(38)39(36,44)22(3)31(52-24)29(23)36/h21-27,29-31H,6-20,44H2,1-5H3. The smallest absolute Gasteiger partial charge is 0.446 e. The van der Waals surface area contributed by atoms with E-state index in [1.165, 1.54) is 17.7 Å². The monoisotopic (exact) mass is 758 g/mol. The molecular weight excluding hydrogens is 701 g/mol. The molecule has 6 aliphatic carbocycles. The molecule has 13 atom stereocenters. The lowest BCUT2D eigenvalue weighted by atomic mass is 9.38. The third-order valence-corrected chi connectivity index (χ3v) is 17.7. The van der Waals surface area contributed by atoms with E-state index in [0.717, 1.165) is 69.0 Å². The minimum atomic E-state index is -4.59. The molecule has 8 fully saturated rings. The molecule has 14 heteroatoms. The Labute approximate surface area is 315 Å². The van der Waals surface area contributed by atoms with Crippen molar-refractivity contribution >= 4 is 12.2 Å². The first-order chi connectivity index (χ1) is 25.5. The summed E-state index contributed by atoms with van der Waals surface area (Å²) >= 11 is 0. The van der Waals surface area contributed by atoms with Gasteiger partial charge in [0.05, 0.1) is 18.8 Å². The summed E-state index contributed by atoms with van der Waals surface area (Å²) in [5, 5.41) is 7.11. The van der Waals surface area contributed by atoms with Crippen molar-refractivity contribution in [3.8, 4) is 0 Å². The number of fused-ring (bicyclic) bond motifs is 2. The zero-order chi connectivity index (χ0) is 38.0. The Morgan fingerprint density at radius 1 is 0.944 bits per heavy atom. The van der Waals surface area contributed by atoms with E-state index < -0.39 is 18.1 Å². The predicted octanol–water partition coefficient (Wildman–Crippen LogP) is 6.63. The molecule has 10 rings (SSSR count). The van der Waals surface area contributed by atoms with E-state index in [4.69, 9.17) is 19.9 Å². The molecule has 1 aromatic rings. The fraction of sp³-hybridized carbons (Fsp3) is 0.900. The number of carbonyl (C=O) groups is 2. The van der Waals surface area contributed by atoms with Crippen molar-refractivity contribution in [3.05, 3.63) is 11.6 Å². The quantitative estimate of drug-likeness (QED) is 0.363. The molecule has 54 heavy (non-hydrogen) atoms. The number of hydrogen-bond acceptors (Lipinski definition) is 8. The number of likely N-dealkylation sites (tertiary alicyclic amines) is 1. The fourth-order valence-corrected chi connectivity index (χ4v) is 15.3. The Balaban J connectivity index is 0.849. The van der Waals surface area contributed by atoms with Crippen molar-refractivity contribution in [3.63, 3.8) is 0 Å². The molecule has 2 saturated heterocycles. The topological polar surface area (TPSA) is 125 Å². The minimum Gasteiger partial charge on any atom is -0.446 e. The lowest BCUT2D eigenvalue weighted by Gasteiger charge is -2.68. The van der Waals surface area contributed by atoms with Crippen LogP contribution in [0.1, 0.15) is 110 Å². The summed E-state index contributed by atoms with van der Waals surface area (Å²) in [5.41, 5.74) is 7.94. The molecule has 2 N–H and O–H groups in total. The van der Waals surface area contributed by atoms with Crippen LogP contribution in [0.4, 0.5) is 22.8 Å². The van der Waals surface area contributed by atoms with Gasteiger partial charge in [-0.25, -0.2) is 9.59 Å². The molecule has 6 saturated carbocycles. The van der Waals surface area contributed by atoms with Crippen molar-refractivity contribution in [2.45, 2.75) is 148 Å². The van der Waals surface area contributed by atoms with Crippen LogP contribution in [0.5, 0.6) is 0 Å². The van der Waals surface area contributed by atoms with Crippen molar-refractivity contribution in [1.29, 1.82) is 0 Å². The molecule has 3 aliphatic heterocycles. The van der Waals surface area contributed by atoms with Crippen LogP contribution in [-0.2, 0) is 33.5 Å². The highest BCUT2D eigenvalue weighted by Gasteiger charge is 2.87. The maximum Gasteiger partial charge on any atom is 0.451 e. The van der Waals surface area contributed by atoms with Gasteiger partial charge < -0.3 is 29.4 Å². The van der Waals surface area contributed by atoms with E-state index in [0.29, 0.717) is 23.7 Å². The molecular formula is C40H57F3N6O5. The Bertz CT molecular complexity index is 1750. The van der Waals surface area contributed by atoms with Crippen LogP contribution in [0, 0.1) is 57.2 Å². The van der Waals surface area contributed by atoms with Gasteiger partial charge in [0.2, 0.25) is 5.82 Å². The third kappa shape index (κ3) is 4.39. The average molecular weight is 759 g/mol. The molecule has 9 aliphatic rings. The van der Waals surface area contributed by atoms with Gasteiger partial charge in [-0.2, -0.15) is 13.2 Å². The fourth-order valence-electron chi connectivity index (χ4n) is 15.3. The van der Waals surface area contributed by atoms with Gasteiger partial charge in [-0.1, -0.05) is 34.6 Å². The highest BCUT2D eigenvalue weighted by molar-refractivity contribution is 5.69. The third-order valence-electron chi connectivity index (χ3n) is 17.7. The lowest BCUT2D eigenvalue weighted by Crippen LogP contribution is -2.72. The first-order valence-electron chi connectivity index (χ1n) is 20.8. The SMILES string of the molecule is CC(C)C(OC(=O)N1CCC1)C1CC2CC34CCC56CC57CCC(OC(=O)N5CCn8c(nnc8C(F)(F)F)C5)C(C)(C)C7CCC6C3(N)C(C)C(O1)C24. The summed E-state index contributed by atoms with van der Waals surface area (Å²) in [7, 11) is 0. The highest BCUT2D eigenvalue weighted by atomic mass is 19.4. The van der Waals surface area contributed by atoms with E-state index in [-0.39, 0.29) is 95.0 Å². The van der Waals surface area contributed by atoms with E-state index in [9.17, 15) is 22.8 Å². The number of aromatic nitrogens is 3. The van der Waals surface area contributed by atoms with Crippen LogP contribution in [0.15, 0.2) is 0 Å². The second-order valence-corrected chi connectivity index (χ2v) is 20.1. The number of rotatable bonds is 4. The second kappa shape index (κ2) is 11.3. The van der Waals surface area contributed by atoms with Gasteiger partial charge in [0.1, 0.15) is 12.2 Å². The molecule has 2 amide bonds. The predicted molar refractivity (Wildman–Crippen MR) is 188 cm³/mol. The van der Waals surface area contributed by atoms with Gasteiger partial charge in [-0.3, -0.25) is 4.90 Å². The van der Waals surface area contributed by atoms with Gasteiger partial charge in [0.25, 0.3) is 0 Å². The van der Waals surface area contributed by atoms with E-state index in [1.54, 1.807) is 4.90 Å². The number of hydrogen-bond donors (Lipinski definition) is 1. The maximum absolute atomic E-state index is 13.6. The van der Waals surface area contributed by atoms with Gasteiger partial charge in [-0.15, -0.1) is 10.2 Å². The van der Waals surface area contributed by atoms with Crippen LogP contribution in [-0.4, -0.2) is 86.3 Å². The lowest BCUT2D eigenvalue weighted by molar-refractivity contribution is -0.227. The van der Waals surface area contributed by atoms with Crippen molar-refractivity contribution in [1.82, 2.24) is 24.6 Å². The summed E-state index contributed by atoms with van der Waals surface area (Å²) < 4.78 is 60.9. The number of ether oxygens (including phenoxy) is 3. The van der Waals surface area contributed by atoms with Crippen LogP contribution in [0.2, 0.25) is 0 Å². The molecule has 11 nitrogen and oxygen atoms in total. The summed E-state index contributed by atoms with van der Waals surface area (Å²) in [6.45, 7) is 12.8. The first kappa shape index (κ1) is 35.8.